The van der Waals surface area contributed by atoms with Gasteiger partial charge in [0.25, 0.3) is 0 Å². The van der Waals surface area contributed by atoms with E-state index in [9.17, 15) is 0 Å². The molecule has 0 radical (unpaired) electrons. The molecular weight excluding hydrogens is 248 g/mol. The zero-order valence-electron chi connectivity index (χ0n) is 13.0. The van der Waals surface area contributed by atoms with Gasteiger partial charge in [-0.1, -0.05) is 48.6 Å². The normalized spacial score (nSPS) is 19.8. The minimum atomic E-state index is -0.106. The van der Waals surface area contributed by atoms with E-state index in [1.165, 1.54) is 36.0 Å². The fourth-order valence-corrected chi connectivity index (χ4v) is 3.66. The topological polar surface area (TPSA) is 47.3 Å². The molecule has 3 heteroatoms. The minimum Gasteiger partial charge on any atom is -0.377 e. The Kier molecular flexibility index (Phi) is 5.19. The van der Waals surface area contributed by atoms with Gasteiger partial charge in [-0.15, -0.1) is 0 Å². The molecule has 0 saturated heterocycles. The molecule has 20 heavy (non-hydrogen) atoms. The van der Waals surface area contributed by atoms with Crippen LogP contribution in [0.2, 0.25) is 0 Å². The summed E-state index contributed by atoms with van der Waals surface area (Å²) < 4.78 is 5.92. The van der Waals surface area contributed by atoms with Gasteiger partial charge < -0.3 is 4.74 Å². The SMILES string of the molecule is COC1(C(Cc2cc(C)cc(C)c2)NN)CCCCC1. The van der Waals surface area contributed by atoms with E-state index >= 15 is 0 Å². The third-order valence-electron chi connectivity index (χ3n) is 4.66. The number of hydrogen-bond donors (Lipinski definition) is 2. The lowest BCUT2D eigenvalue weighted by atomic mass is 9.77. The quantitative estimate of drug-likeness (QED) is 0.642. The van der Waals surface area contributed by atoms with Gasteiger partial charge in [0, 0.05) is 7.11 Å². The maximum atomic E-state index is 5.92. The van der Waals surface area contributed by atoms with Gasteiger partial charge in [-0.25, -0.2) is 0 Å². The summed E-state index contributed by atoms with van der Waals surface area (Å²) in [5.41, 5.74) is 6.88. The first-order valence-electron chi connectivity index (χ1n) is 7.68. The average Bonchev–Trinajstić information content (AvgIpc) is 2.44. The van der Waals surface area contributed by atoms with E-state index < -0.39 is 0 Å². The molecule has 0 spiro atoms. The van der Waals surface area contributed by atoms with Crippen LogP contribution in [0.3, 0.4) is 0 Å². The molecule has 3 nitrogen and oxygen atoms in total. The second-order valence-corrected chi connectivity index (χ2v) is 6.25. The molecule has 1 aliphatic rings. The number of hydrazine groups is 1. The fourth-order valence-electron chi connectivity index (χ4n) is 3.66. The summed E-state index contributed by atoms with van der Waals surface area (Å²) in [6.07, 6.45) is 6.91. The summed E-state index contributed by atoms with van der Waals surface area (Å²) in [5, 5.41) is 0. The van der Waals surface area contributed by atoms with Crippen molar-refractivity contribution in [3.05, 3.63) is 34.9 Å². The zero-order valence-corrected chi connectivity index (χ0v) is 13.0. The Bertz CT molecular complexity index is 418. The van der Waals surface area contributed by atoms with Crippen molar-refractivity contribution in [2.24, 2.45) is 5.84 Å². The number of rotatable bonds is 5. The highest BCUT2D eigenvalue weighted by atomic mass is 16.5. The van der Waals surface area contributed by atoms with Crippen molar-refractivity contribution in [3.8, 4) is 0 Å². The lowest BCUT2D eigenvalue weighted by molar-refractivity contribution is -0.0673. The Morgan fingerprint density at radius 3 is 2.25 bits per heavy atom. The van der Waals surface area contributed by atoms with Crippen LogP contribution in [0.4, 0.5) is 0 Å². The molecule has 1 fully saturated rings. The van der Waals surface area contributed by atoms with E-state index in [-0.39, 0.29) is 11.6 Å². The monoisotopic (exact) mass is 276 g/mol. The van der Waals surface area contributed by atoms with E-state index in [1.807, 2.05) is 7.11 Å². The molecule has 112 valence electrons. The molecule has 2 rings (SSSR count). The third-order valence-corrected chi connectivity index (χ3v) is 4.66. The molecule has 1 aromatic rings. The van der Waals surface area contributed by atoms with Gasteiger partial charge in [0.1, 0.15) is 0 Å². The van der Waals surface area contributed by atoms with Crippen molar-refractivity contribution in [2.75, 3.05) is 7.11 Å². The van der Waals surface area contributed by atoms with Gasteiger partial charge in [0.2, 0.25) is 0 Å². The summed E-state index contributed by atoms with van der Waals surface area (Å²) in [5.74, 6) is 5.86. The van der Waals surface area contributed by atoms with Crippen LogP contribution in [0.1, 0.15) is 48.8 Å². The van der Waals surface area contributed by atoms with Crippen LogP contribution in [-0.2, 0) is 11.2 Å². The number of benzene rings is 1. The van der Waals surface area contributed by atoms with Crippen LogP contribution in [0, 0.1) is 13.8 Å². The Morgan fingerprint density at radius 1 is 1.15 bits per heavy atom. The zero-order chi connectivity index (χ0) is 14.6. The van der Waals surface area contributed by atoms with Crippen molar-refractivity contribution in [1.82, 2.24) is 5.43 Å². The number of methoxy groups -OCH3 is 1. The predicted molar refractivity (Wildman–Crippen MR) is 83.6 cm³/mol. The molecule has 3 N–H and O–H groups in total. The van der Waals surface area contributed by atoms with Crippen LogP contribution in [-0.4, -0.2) is 18.8 Å². The predicted octanol–water partition coefficient (Wildman–Crippen LogP) is 3.03. The Labute approximate surface area is 122 Å². The summed E-state index contributed by atoms with van der Waals surface area (Å²) in [6, 6.07) is 6.89. The van der Waals surface area contributed by atoms with Crippen molar-refractivity contribution >= 4 is 0 Å². The molecule has 0 aliphatic heterocycles. The number of hydrogen-bond acceptors (Lipinski definition) is 3. The second-order valence-electron chi connectivity index (χ2n) is 6.25. The molecular formula is C17H28N2O. The van der Waals surface area contributed by atoms with Crippen molar-refractivity contribution in [3.63, 3.8) is 0 Å². The van der Waals surface area contributed by atoms with Gasteiger partial charge >= 0.3 is 0 Å². The molecule has 1 atom stereocenters. The van der Waals surface area contributed by atoms with Crippen LogP contribution < -0.4 is 11.3 Å². The summed E-state index contributed by atoms with van der Waals surface area (Å²) in [7, 11) is 1.83. The van der Waals surface area contributed by atoms with Crippen LogP contribution in [0.25, 0.3) is 0 Å². The summed E-state index contributed by atoms with van der Waals surface area (Å²) in [4.78, 5) is 0. The molecule has 0 heterocycles. The van der Waals surface area contributed by atoms with E-state index in [0.29, 0.717) is 0 Å². The third kappa shape index (κ3) is 3.40. The first kappa shape index (κ1) is 15.5. The maximum Gasteiger partial charge on any atom is 0.0847 e. The number of ether oxygens (including phenoxy) is 1. The van der Waals surface area contributed by atoms with Gasteiger partial charge in [0.05, 0.1) is 11.6 Å². The highest BCUT2D eigenvalue weighted by molar-refractivity contribution is 5.29. The maximum absolute atomic E-state index is 5.92. The van der Waals surface area contributed by atoms with Gasteiger partial charge in [-0.05, 0) is 38.7 Å². The molecule has 1 aromatic carbocycles. The van der Waals surface area contributed by atoms with E-state index in [4.69, 9.17) is 10.6 Å². The van der Waals surface area contributed by atoms with Crippen LogP contribution >= 0.6 is 0 Å². The first-order chi connectivity index (χ1) is 9.59. The number of nitrogens with two attached hydrogens (primary N) is 1. The van der Waals surface area contributed by atoms with Crippen molar-refractivity contribution in [2.45, 2.75) is 64.0 Å². The summed E-state index contributed by atoms with van der Waals surface area (Å²) in [6.45, 7) is 4.29. The van der Waals surface area contributed by atoms with Crippen LogP contribution in [0.5, 0.6) is 0 Å². The van der Waals surface area contributed by atoms with E-state index in [1.54, 1.807) is 0 Å². The van der Waals surface area contributed by atoms with Gasteiger partial charge in [0.15, 0.2) is 0 Å². The number of aryl methyl sites for hydroxylation is 2. The molecule has 1 saturated carbocycles. The van der Waals surface area contributed by atoms with Gasteiger partial charge in [-0.2, -0.15) is 0 Å². The molecule has 1 aliphatic carbocycles. The lowest BCUT2D eigenvalue weighted by Crippen LogP contribution is -2.56. The Hall–Kier alpha value is -0.900. The lowest BCUT2D eigenvalue weighted by Gasteiger charge is -2.42. The van der Waals surface area contributed by atoms with Crippen molar-refractivity contribution < 1.29 is 4.74 Å². The van der Waals surface area contributed by atoms with E-state index in [0.717, 1.165) is 19.3 Å². The van der Waals surface area contributed by atoms with Gasteiger partial charge in [-0.3, -0.25) is 11.3 Å². The first-order valence-corrected chi connectivity index (χ1v) is 7.68. The fraction of sp³-hybridized carbons (Fsp3) is 0.647. The average molecular weight is 276 g/mol. The smallest absolute Gasteiger partial charge is 0.0847 e. The molecule has 1 unspecified atom stereocenters. The van der Waals surface area contributed by atoms with Crippen molar-refractivity contribution in [1.29, 1.82) is 0 Å². The highest BCUT2D eigenvalue weighted by Gasteiger charge is 2.39. The molecule has 0 amide bonds. The highest BCUT2D eigenvalue weighted by Crippen LogP contribution is 2.35. The standard InChI is InChI=1S/C17H28N2O/c1-13-9-14(2)11-15(10-13)12-16(19-18)17(20-3)7-5-4-6-8-17/h9-11,16,19H,4-8,12,18H2,1-3H3. The number of nitrogens with one attached hydrogen (secondary N) is 1. The molecule has 0 bridgehead atoms. The van der Waals surface area contributed by atoms with E-state index in [2.05, 4.69) is 37.5 Å². The largest absolute Gasteiger partial charge is 0.377 e. The minimum absolute atomic E-state index is 0.106. The second kappa shape index (κ2) is 6.70. The Morgan fingerprint density at radius 2 is 1.75 bits per heavy atom. The summed E-state index contributed by atoms with van der Waals surface area (Å²) >= 11 is 0. The molecule has 0 aromatic heterocycles. The Balaban J connectivity index is 2.18. The van der Waals surface area contributed by atoms with Crippen LogP contribution in [0.15, 0.2) is 18.2 Å².